The Morgan fingerprint density at radius 3 is 2.50 bits per heavy atom. The smallest absolute Gasteiger partial charge is 0.332 e. The Hall–Kier alpha value is -0.840. The molecule has 0 unspecified atom stereocenters. The number of rotatable bonds is 4. The van der Waals surface area contributed by atoms with Crippen LogP contribution in [0.2, 0.25) is 0 Å². The number of halogens is 1. The number of ether oxygens (including phenoxy) is 1. The molecule has 0 saturated carbocycles. The minimum Gasteiger partial charge on any atom is -0.461 e. The fraction of sp³-hybridized carbons (Fsp3) is 0.833. The molecule has 0 saturated heterocycles. The van der Waals surface area contributed by atoms with Crippen LogP contribution in [-0.4, -0.2) is 18.1 Å². The van der Waals surface area contributed by atoms with Crippen molar-refractivity contribution < 1.29 is 9.53 Å². The number of nitrogens with one attached hydrogen (secondary N) is 1. The second-order valence-electron chi connectivity index (χ2n) is 2.46. The zero-order valence-corrected chi connectivity index (χ0v) is 8.00. The van der Waals surface area contributed by atoms with Gasteiger partial charge in [-0.15, -0.1) is 0 Å². The van der Waals surface area contributed by atoms with Crippen molar-refractivity contribution in [1.29, 1.82) is 0 Å². The Kier molecular flexibility index (Phi) is 5.36. The first-order chi connectivity index (χ1) is 5.57. The normalized spacial score (nSPS) is 13.4. The van der Waals surface area contributed by atoms with E-state index in [-0.39, 0.29) is 6.10 Å². The maximum Gasteiger partial charge on any atom is 0.332 e. The first kappa shape index (κ1) is 11.2. The number of hydrogen-bond acceptors (Lipinski definition) is 4. The van der Waals surface area contributed by atoms with Gasteiger partial charge in [0.1, 0.15) is 0 Å². The minimum absolute atomic E-state index is 0.140. The first-order valence-electron chi connectivity index (χ1n) is 3.54. The highest BCUT2D eigenvalue weighted by Crippen LogP contribution is 1.97. The van der Waals surface area contributed by atoms with Crippen molar-refractivity contribution >= 4 is 17.7 Å². The number of carbonyl (C=O) groups is 1. The Balaban J connectivity index is 3.84. The molecule has 0 radical (unpaired) electrons. The van der Waals surface area contributed by atoms with Crippen molar-refractivity contribution in [2.24, 2.45) is 10.3 Å². The van der Waals surface area contributed by atoms with Crippen molar-refractivity contribution in [3.63, 3.8) is 0 Å². The highest BCUT2D eigenvalue weighted by molar-refractivity contribution is 6.13. The van der Waals surface area contributed by atoms with Gasteiger partial charge in [0, 0.05) is 11.8 Å². The van der Waals surface area contributed by atoms with E-state index in [2.05, 4.69) is 10.3 Å². The summed E-state index contributed by atoms with van der Waals surface area (Å²) in [5, 5.41) is 6.74. The summed E-state index contributed by atoms with van der Waals surface area (Å²) in [5.74, 6) is -0.416. The Labute approximate surface area is 76.2 Å². The van der Waals surface area contributed by atoms with Crippen LogP contribution < -0.4 is 4.94 Å². The topological polar surface area (TPSA) is 63.0 Å². The van der Waals surface area contributed by atoms with Gasteiger partial charge in [-0.1, -0.05) is 5.22 Å². The van der Waals surface area contributed by atoms with Crippen LogP contribution >= 0.6 is 11.8 Å². The highest BCUT2D eigenvalue weighted by atomic mass is 35.5. The largest absolute Gasteiger partial charge is 0.461 e. The molecule has 0 amide bonds. The van der Waals surface area contributed by atoms with Crippen LogP contribution in [0, 0.1) is 0 Å². The molecule has 0 fully saturated rings. The molecule has 12 heavy (non-hydrogen) atoms. The maximum atomic E-state index is 11.0. The Morgan fingerprint density at radius 2 is 2.08 bits per heavy atom. The van der Waals surface area contributed by atoms with Crippen molar-refractivity contribution in [1.82, 2.24) is 4.94 Å². The molecule has 0 aliphatic rings. The first-order valence-corrected chi connectivity index (χ1v) is 3.91. The van der Waals surface area contributed by atoms with Gasteiger partial charge in [0.15, 0.2) is 6.04 Å². The summed E-state index contributed by atoms with van der Waals surface area (Å²) in [6, 6.07) is -0.626. The van der Waals surface area contributed by atoms with E-state index in [9.17, 15) is 4.79 Å². The Bertz CT molecular complexity index is 172. The van der Waals surface area contributed by atoms with Crippen LogP contribution in [0.4, 0.5) is 0 Å². The van der Waals surface area contributed by atoms with E-state index in [4.69, 9.17) is 16.5 Å². The van der Waals surface area contributed by atoms with E-state index in [0.717, 1.165) is 0 Å². The molecule has 70 valence electrons. The monoisotopic (exact) mass is 193 g/mol. The quantitative estimate of drug-likeness (QED) is 0.318. The second kappa shape index (κ2) is 5.77. The van der Waals surface area contributed by atoms with Crippen molar-refractivity contribution in [3.8, 4) is 0 Å². The third-order valence-corrected chi connectivity index (χ3v) is 1.04. The van der Waals surface area contributed by atoms with Gasteiger partial charge in [-0.25, -0.2) is 9.74 Å². The molecule has 0 spiro atoms. The standard InChI is InChI=1S/C6H12ClN3O2/c1-4(2)12-6(11)5(3)8-10-9-7/h4-5H,1-3H3,(H,8,9)/t5-/m0/s1. The fourth-order valence-corrected chi connectivity index (χ4v) is 0.530. The summed E-state index contributed by atoms with van der Waals surface area (Å²) in [6.07, 6.45) is -0.140. The summed E-state index contributed by atoms with van der Waals surface area (Å²) < 4.78 is 4.85. The van der Waals surface area contributed by atoms with Gasteiger partial charge in [-0.05, 0) is 20.8 Å². The van der Waals surface area contributed by atoms with Gasteiger partial charge in [-0.2, -0.15) is 5.11 Å². The molecule has 0 aliphatic carbocycles. The average molecular weight is 194 g/mol. The van der Waals surface area contributed by atoms with Gasteiger partial charge in [-0.3, -0.25) is 0 Å². The van der Waals surface area contributed by atoms with E-state index >= 15 is 0 Å². The van der Waals surface area contributed by atoms with Crippen LogP contribution in [0.15, 0.2) is 10.3 Å². The zero-order valence-electron chi connectivity index (χ0n) is 7.24. The lowest BCUT2D eigenvalue weighted by Gasteiger charge is -2.08. The van der Waals surface area contributed by atoms with Crippen LogP contribution in [0.1, 0.15) is 20.8 Å². The molecule has 0 heterocycles. The van der Waals surface area contributed by atoms with Gasteiger partial charge in [0.05, 0.1) is 6.10 Å². The van der Waals surface area contributed by atoms with E-state index < -0.39 is 12.0 Å². The second-order valence-corrected chi connectivity index (χ2v) is 2.63. The maximum absolute atomic E-state index is 11.0. The lowest BCUT2D eigenvalue weighted by Crippen LogP contribution is -2.21. The summed E-state index contributed by atoms with van der Waals surface area (Å²) >= 11 is 4.99. The average Bonchev–Trinajstić information content (AvgIpc) is 1.98. The summed E-state index contributed by atoms with van der Waals surface area (Å²) in [7, 11) is 0. The minimum atomic E-state index is -0.626. The summed E-state index contributed by atoms with van der Waals surface area (Å²) in [5.41, 5.74) is 0. The number of carbonyl (C=O) groups excluding carboxylic acids is 1. The fourth-order valence-electron chi connectivity index (χ4n) is 0.486. The predicted molar refractivity (Wildman–Crippen MR) is 44.5 cm³/mol. The molecule has 0 aliphatic heterocycles. The molecule has 0 aromatic heterocycles. The number of nitrogens with zero attached hydrogens (tertiary/aromatic N) is 2. The van der Waals surface area contributed by atoms with E-state index in [0.29, 0.717) is 0 Å². The van der Waals surface area contributed by atoms with E-state index in [1.54, 1.807) is 20.8 Å². The zero-order chi connectivity index (χ0) is 9.56. The lowest BCUT2D eigenvalue weighted by atomic mass is 10.3. The third kappa shape index (κ3) is 4.90. The molecule has 0 aromatic carbocycles. The van der Waals surface area contributed by atoms with Gasteiger partial charge < -0.3 is 4.74 Å². The lowest BCUT2D eigenvalue weighted by molar-refractivity contribution is -0.148. The van der Waals surface area contributed by atoms with Gasteiger partial charge >= 0.3 is 5.97 Å². The van der Waals surface area contributed by atoms with E-state index in [1.807, 2.05) is 4.94 Å². The molecule has 0 bridgehead atoms. The molecular weight excluding hydrogens is 182 g/mol. The molecule has 0 rings (SSSR count). The molecule has 1 atom stereocenters. The van der Waals surface area contributed by atoms with Crippen LogP contribution in [-0.2, 0) is 9.53 Å². The van der Waals surface area contributed by atoms with Gasteiger partial charge in [0.25, 0.3) is 0 Å². The van der Waals surface area contributed by atoms with Gasteiger partial charge in [0.2, 0.25) is 0 Å². The van der Waals surface area contributed by atoms with E-state index in [1.165, 1.54) is 0 Å². The number of hydrogen-bond donors (Lipinski definition) is 1. The third-order valence-electron chi connectivity index (χ3n) is 0.962. The van der Waals surface area contributed by atoms with Crippen molar-refractivity contribution in [3.05, 3.63) is 0 Å². The molecular formula is C6H12ClN3O2. The molecule has 5 nitrogen and oxygen atoms in total. The van der Waals surface area contributed by atoms with Crippen LogP contribution in [0.3, 0.4) is 0 Å². The molecule has 6 heteroatoms. The molecule has 1 N–H and O–H groups in total. The predicted octanol–water partition coefficient (Wildman–Crippen LogP) is 1.44. The SMILES string of the molecule is CC(C)OC(=O)[C@H](C)N=NNCl. The number of esters is 1. The summed E-state index contributed by atoms with van der Waals surface area (Å²) in [6.45, 7) is 5.10. The Morgan fingerprint density at radius 1 is 1.50 bits per heavy atom. The van der Waals surface area contributed by atoms with Crippen molar-refractivity contribution in [2.45, 2.75) is 32.9 Å². The molecule has 0 aromatic rings. The van der Waals surface area contributed by atoms with Crippen LogP contribution in [0.25, 0.3) is 0 Å². The summed E-state index contributed by atoms with van der Waals surface area (Å²) in [4.78, 5) is 12.9. The van der Waals surface area contributed by atoms with Crippen molar-refractivity contribution in [2.75, 3.05) is 0 Å². The highest BCUT2D eigenvalue weighted by Gasteiger charge is 2.14. The van der Waals surface area contributed by atoms with Crippen LogP contribution in [0.5, 0.6) is 0 Å².